The molecule has 5 heteroatoms. The second-order valence-electron chi connectivity index (χ2n) is 6.06. The molecule has 130 valence electrons. The normalized spacial score (nSPS) is 12.4. The molecule has 0 aliphatic carbocycles. The largest absolute Gasteiger partial charge is 0.380 e. The number of imidazole rings is 1. The van der Waals surface area contributed by atoms with E-state index < -0.39 is 6.10 Å². The molecule has 0 amide bonds. The van der Waals surface area contributed by atoms with Crippen LogP contribution >= 0.6 is 27.5 Å². The monoisotopic (exact) mass is 426 g/mol. The van der Waals surface area contributed by atoms with Crippen LogP contribution in [0.3, 0.4) is 0 Å². The third kappa shape index (κ3) is 3.16. The van der Waals surface area contributed by atoms with Gasteiger partial charge in [0.15, 0.2) is 0 Å². The Morgan fingerprint density at radius 3 is 2.46 bits per heavy atom. The lowest BCUT2D eigenvalue weighted by atomic mass is 10.1. The van der Waals surface area contributed by atoms with Gasteiger partial charge >= 0.3 is 0 Å². The first-order valence-electron chi connectivity index (χ1n) is 8.26. The van der Waals surface area contributed by atoms with Crippen LogP contribution < -0.4 is 0 Å². The second-order valence-corrected chi connectivity index (χ2v) is 7.32. The highest BCUT2D eigenvalue weighted by Gasteiger charge is 2.22. The molecule has 1 N–H and O–H groups in total. The maximum atomic E-state index is 11.0. The highest BCUT2D eigenvalue weighted by atomic mass is 79.9. The van der Waals surface area contributed by atoms with Gasteiger partial charge in [-0.15, -0.1) is 0 Å². The zero-order valence-electron chi connectivity index (χ0n) is 13.8. The number of rotatable bonds is 4. The topological polar surface area (TPSA) is 38.1 Å². The van der Waals surface area contributed by atoms with E-state index >= 15 is 0 Å². The van der Waals surface area contributed by atoms with Gasteiger partial charge in [0.1, 0.15) is 11.9 Å². The summed E-state index contributed by atoms with van der Waals surface area (Å²) >= 11 is 9.91. The number of para-hydroxylation sites is 2. The molecule has 4 aromatic rings. The summed E-state index contributed by atoms with van der Waals surface area (Å²) in [6.07, 6.45) is -0.904. The van der Waals surface area contributed by atoms with Gasteiger partial charge in [0, 0.05) is 15.1 Å². The Bertz CT molecular complexity index is 1080. The van der Waals surface area contributed by atoms with Gasteiger partial charge in [-0.1, -0.05) is 76.1 Å². The Labute approximate surface area is 165 Å². The van der Waals surface area contributed by atoms with E-state index in [1.165, 1.54) is 0 Å². The lowest BCUT2D eigenvalue weighted by Crippen LogP contribution is -2.11. The Balaban J connectivity index is 1.87. The van der Waals surface area contributed by atoms with Crippen LogP contribution in [0.2, 0.25) is 5.02 Å². The molecule has 0 saturated carbocycles. The van der Waals surface area contributed by atoms with Crippen LogP contribution in [0.15, 0.2) is 77.3 Å². The number of aliphatic hydroxyl groups excluding tert-OH is 1. The fraction of sp³-hybridized carbons (Fsp3) is 0.0952. The highest BCUT2D eigenvalue weighted by molar-refractivity contribution is 9.10. The van der Waals surface area contributed by atoms with Crippen LogP contribution in [0, 0.1) is 0 Å². The smallest absolute Gasteiger partial charge is 0.143 e. The first-order valence-corrected chi connectivity index (χ1v) is 9.43. The first kappa shape index (κ1) is 17.3. The predicted molar refractivity (Wildman–Crippen MR) is 108 cm³/mol. The fourth-order valence-electron chi connectivity index (χ4n) is 3.10. The first-order chi connectivity index (χ1) is 12.6. The third-order valence-corrected chi connectivity index (χ3v) is 5.53. The van der Waals surface area contributed by atoms with Crippen molar-refractivity contribution in [3.8, 4) is 0 Å². The summed E-state index contributed by atoms with van der Waals surface area (Å²) in [5.74, 6) is 0.579. The highest BCUT2D eigenvalue weighted by Crippen LogP contribution is 2.31. The Morgan fingerprint density at radius 1 is 0.962 bits per heavy atom. The molecule has 0 bridgehead atoms. The molecule has 0 saturated heterocycles. The SMILES string of the molecule is O[C@@H](c1ccccc1Cl)c1nc2ccccc2n1Cc1ccccc1Br. The minimum atomic E-state index is -0.904. The van der Waals surface area contributed by atoms with E-state index in [0.29, 0.717) is 23.0 Å². The van der Waals surface area contributed by atoms with Gasteiger partial charge in [0.2, 0.25) is 0 Å². The minimum absolute atomic E-state index is 0.527. The van der Waals surface area contributed by atoms with Crippen LogP contribution in [0.25, 0.3) is 11.0 Å². The zero-order valence-corrected chi connectivity index (χ0v) is 16.2. The van der Waals surface area contributed by atoms with E-state index in [0.717, 1.165) is 21.1 Å². The third-order valence-electron chi connectivity index (χ3n) is 4.41. The number of benzene rings is 3. The predicted octanol–water partition coefficient (Wildman–Crippen LogP) is 5.58. The van der Waals surface area contributed by atoms with Gasteiger partial charge in [-0.05, 0) is 29.8 Å². The summed E-state index contributed by atoms with van der Waals surface area (Å²) in [7, 11) is 0. The van der Waals surface area contributed by atoms with E-state index in [9.17, 15) is 5.11 Å². The number of hydrogen-bond donors (Lipinski definition) is 1. The number of aliphatic hydroxyl groups is 1. The molecule has 0 unspecified atom stereocenters. The van der Waals surface area contributed by atoms with Crippen LogP contribution in [0.1, 0.15) is 23.1 Å². The molecule has 0 radical (unpaired) electrons. The van der Waals surface area contributed by atoms with Crippen LogP contribution in [-0.4, -0.2) is 14.7 Å². The van der Waals surface area contributed by atoms with E-state index in [-0.39, 0.29) is 0 Å². The molecule has 3 nitrogen and oxygen atoms in total. The summed E-state index contributed by atoms with van der Waals surface area (Å²) in [5.41, 5.74) is 3.59. The van der Waals surface area contributed by atoms with E-state index in [1.54, 1.807) is 6.07 Å². The van der Waals surface area contributed by atoms with Gasteiger partial charge in [-0.3, -0.25) is 0 Å². The van der Waals surface area contributed by atoms with Crippen LogP contribution in [-0.2, 0) is 6.54 Å². The summed E-state index contributed by atoms with van der Waals surface area (Å²) in [6, 6.07) is 23.3. The van der Waals surface area contributed by atoms with Crippen molar-refractivity contribution in [3.05, 3.63) is 99.2 Å². The van der Waals surface area contributed by atoms with E-state index in [4.69, 9.17) is 16.6 Å². The lowest BCUT2D eigenvalue weighted by molar-refractivity contribution is 0.206. The Kier molecular flexibility index (Phi) is 4.81. The summed E-state index contributed by atoms with van der Waals surface area (Å²) in [4.78, 5) is 4.69. The van der Waals surface area contributed by atoms with Gasteiger partial charge < -0.3 is 9.67 Å². The standard InChI is InChI=1S/C21H16BrClN2O/c22-16-9-3-1-7-14(16)13-25-19-12-6-5-11-18(19)24-21(25)20(26)15-8-2-4-10-17(15)23/h1-12,20,26H,13H2/t20-/m0/s1. The van der Waals surface area contributed by atoms with E-state index in [2.05, 4.69) is 22.0 Å². The average Bonchev–Trinajstić information content (AvgIpc) is 3.02. The maximum absolute atomic E-state index is 11.0. The van der Waals surface area contributed by atoms with Crippen molar-refractivity contribution in [2.75, 3.05) is 0 Å². The quantitative estimate of drug-likeness (QED) is 0.461. The molecule has 3 aromatic carbocycles. The summed E-state index contributed by atoms with van der Waals surface area (Å²) < 4.78 is 3.07. The molecular weight excluding hydrogens is 412 g/mol. The van der Waals surface area contributed by atoms with Crippen molar-refractivity contribution in [1.82, 2.24) is 9.55 Å². The minimum Gasteiger partial charge on any atom is -0.380 e. The second kappa shape index (κ2) is 7.23. The van der Waals surface area contributed by atoms with Crippen molar-refractivity contribution in [1.29, 1.82) is 0 Å². The van der Waals surface area contributed by atoms with Crippen LogP contribution in [0.5, 0.6) is 0 Å². The number of fused-ring (bicyclic) bond motifs is 1. The maximum Gasteiger partial charge on any atom is 0.143 e. The molecule has 26 heavy (non-hydrogen) atoms. The van der Waals surface area contributed by atoms with Crippen LogP contribution in [0.4, 0.5) is 0 Å². The van der Waals surface area contributed by atoms with E-state index in [1.807, 2.05) is 65.2 Å². The molecule has 1 aromatic heterocycles. The molecule has 0 aliphatic rings. The van der Waals surface area contributed by atoms with Gasteiger partial charge in [-0.25, -0.2) is 4.98 Å². The molecular formula is C21H16BrClN2O. The molecule has 0 fully saturated rings. The van der Waals surface area contributed by atoms with Gasteiger partial charge in [-0.2, -0.15) is 0 Å². The Hall–Kier alpha value is -2.14. The summed E-state index contributed by atoms with van der Waals surface area (Å²) in [6.45, 7) is 0.596. The van der Waals surface area contributed by atoms with Gasteiger partial charge in [0.25, 0.3) is 0 Å². The Morgan fingerprint density at radius 2 is 1.65 bits per heavy atom. The number of nitrogens with zero attached hydrogens (tertiary/aromatic N) is 2. The zero-order chi connectivity index (χ0) is 18.1. The van der Waals surface area contributed by atoms with Crippen molar-refractivity contribution in [2.45, 2.75) is 12.6 Å². The molecule has 0 aliphatic heterocycles. The van der Waals surface area contributed by atoms with Crippen molar-refractivity contribution < 1.29 is 5.11 Å². The number of hydrogen-bond acceptors (Lipinski definition) is 2. The van der Waals surface area contributed by atoms with Crippen molar-refractivity contribution in [2.24, 2.45) is 0 Å². The number of aromatic nitrogens is 2. The number of halogens is 2. The molecule has 4 rings (SSSR count). The fourth-order valence-corrected chi connectivity index (χ4v) is 3.75. The molecule has 0 spiro atoms. The van der Waals surface area contributed by atoms with Crippen molar-refractivity contribution >= 4 is 38.6 Å². The lowest BCUT2D eigenvalue weighted by Gasteiger charge is -2.16. The summed E-state index contributed by atoms with van der Waals surface area (Å²) in [5, 5.41) is 11.5. The molecule has 1 atom stereocenters. The van der Waals surface area contributed by atoms with Gasteiger partial charge in [0.05, 0.1) is 17.6 Å². The van der Waals surface area contributed by atoms with Crippen molar-refractivity contribution in [3.63, 3.8) is 0 Å². The molecule has 1 heterocycles. The average molecular weight is 428 g/mol.